The molecule has 3 aromatic rings. The van der Waals surface area contributed by atoms with Crippen LogP contribution in [0.3, 0.4) is 0 Å². The molecule has 0 atom stereocenters. The monoisotopic (exact) mass is 297 g/mol. The second-order valence-corrected chi connectivity index (χ2v) is 5.01. The first kappa shape index (κ1) is 14.2. The first-order valence-corrected chi connectivity index (χ1v) is 6.88. The summed E-state index contributed by atoms with van der Waals surface area (Å²) < 4.78 is 10.4. The van der Waals surface area contributed by atoms with E-state index in [4.69, 9.17) is 9.15 Å². The highest BCUT2D eigenvalue weighted by Gasteiger charge is 2.18. The number of hydrogen-bond donors (Lipinski definition) is 0. The largest absolute Gasteiger partial charge is 0.452 e. The molecule has 0 fully saturated rings. The summed E-state index contributed by atoms with van der Waals surface area (Å²) in [7, 11) is 0. The average Bonchev–Trinajstić information content (AvgIpc) is 2.91. The van der Waals surface area contributed by atoms with Gasteiger partial charge in [-0.1, -0.05) is 18.2 Å². The van der Waals surface area contributed by atoms with Crippen LogP contribution in [0.25, 0.3) is 10.9 Å². The lowest BCUT2D eigenvalue weighted by Crippen LogP contribution is -2.11. The summed E-state index contributed by atoms with van der Waals surface area (Å²) >= 11 is 0. The highest BCUT2D eigenvalue weighted by Crippen LogP contribution is 2.23. The van der Waals surface area contributed by atoms with Gasteiger partial charge in [0.15, 0.2) is 6.61 Å². The predicted octanol–water partition coefficient (Wildman–Crippen LogP) is 2.90. The minimum Gasteiger partial charge on any atom is -0.452 e. The molecule has 0 N–H and O–H groups in total. The highest BCUT2D eigenvalue weighted by atomic mass is 16.5. The second kappa shape index (κ2) is 5.55. The number of para-hydroxylation sites is 1. The second-order valence-electron chi connectivity index (χ2n) is 5.01. The van der Waals surface area contributed by atoms with Gasteiger partial charge in [0.2, 0.25) is 5.89 Å². The van der Waals surface area contributed by atoms with Crippen LogP contribution in [0.15, 0.2) is 28.7 Å². The number of rotatable bonds is 3. The van der Waals surface area contributed by atoms with E-state index in [2.05, 4.69) is 15.2 Å². The summed E-state index contributed by atoms with van der Waals surface area (Å²) in [5.74, 6) is 0.268. The van der Waals surface area contributed by atoms with Gasteiger partial charge >= 0.3 is 5.97 Å². The van der Waals surface area contributed by atoms with Gasteiger partial charge in [-0.25, -0.2) is 4.79 Å². The summed E-state index contributed by atoms with van der Waals surface area (Å²) in [5, 5.41) is 8.43. The van der Waals surface area contributed by atoms with E-state index in [1.165, 1.54) is 0 Å². The number of carbonyl (C=O) groups is 1. The number of fused-ring (bicyclic) bond motifs is 1. The van der Waals surface area contributed by atoms with Gasteiger partial charge < -0.3 is 9.15 Å². The van der Waals surface area contributed by atoms with Gasteiger partial charge in [-0.15, -0.1) is 10.2 Å². The van der Waals surface area contributed by atoms with E-state index in [1.807, 2.05) is 31.2 Å². The molecule has 0 radical (unpaired) electrons. The maximum Gasteiger partial charge on any atom is 0.340 e. The molecule has 3 rings (SSSR count). The van der Waals surface area contributed by atoms with Crippen molar-refractivity contribution >= 4 is 16.9 Å². The molecule has 0 aliphatic rings. The van der Waals surface area contributed by atoms with Crippen LogP contribution in [0, 0.1) is 20.8 Å². The molecule has 6 heteroatoms. The van der Waals surface area contributed by atoms with Crippen molar-refractivity contribution in [1.29, 1.82) is 0 Å². The zero-order valence-corrected chi connectivity index (χ0v) is 12.6. The molecule has 2 heterocycles. The van der Waals surface area contributed by atoms with Gasteiger partial charge in [0.25, 0.3) is 5.89 Å². The Morgan fingerprint density at radius 2 is 1.95 bits per heavy atom. The Morgan fingerprint density at radius 3 is 2.68 bits per heavy atom. The summed E-state index contributed by atoms with van der Waals surface area (Å²) in [6.07, 6.45) is 0. The maximum atomic E-state index is 12.4. The number of aryl methyl sites for hydroxylation is 3. The summed E-state index contributed by atoms with van der Waals surface area (Å²) in [6.45, 7) is 5.32. The molecule has 0 aliphatic carbocycles. The third-order valence-electron chi connectivity index (χ3n) is 3.43. The quantitative estimate of drug-likeness (QED) is 0.692. The van der Waals surface area contributed by atoms with Gasteiger partial charge in [-0.3, -0.25) is 4.98 Å². The lowest BCUT2D eigenvalue weighted by atomic mass is 10.0. The van der Waals surface area contributed by atoms with E-state index >= 15 is 0 Å². The van der Waals surface area contributed by atoms with Crippen molar-refractivity contribution in [2.75, 3.05) is 0 Å². The van der Waals surface area contributed by atoms with Crippen molar-refractivity contribution < 1.29 is 13.9 Å². The number of benzene rings is 1. The number of hydrogen-bond acceptors (Lipinski definition) is 6. The molecule has 0 saturated carbocycles. The van der Waals surface area contributed by atoms with Crippen molar-refractivity contribution in [2.24, 2.45) is 0 Å². The average molecular weight is 297 g/mol. The fourth-order valence-corrected chi connectivity index (χ4v) is 2.43. The van der Waals surface area contributed by atoms with Crippen molar-refractivity contribution in [3.05, 3.63) is 52.9 Å². The molecule has 112 valence electrons. The first-order chi connectivity index (χ1) is 10.6. The molecule has 2 aromatic heterocycles. The van der Waals surface area contributed by atoms with Crippen LogP contribution >= 0.6 is 0 Å². The number of pyridine rings is 1. The summed E-state index contributed by atoms with van der Waals surface area (Å²) in [6, 6.07) is 7.70. The van der Waals surface area contributed by atoms with Gasteiger partial charge in [-0.05, 0) is 25.5 Å². The van der Waals surface area contributed by atoms with Crippen molar-refractivity contribution in [2.45, 2.75) is 27.4 Å². The molecule has 22 heavy (non-hydrogen) atoms. The topological polar surface area (TPSA) is 78.1 Å². The SMILES string of the molecule is Cc1nnc(COC(=O)c2c(C)nc3ccccc3c2C)o1. The normalized spacial score (nSPS) is 10.9. The summed E-state index contributed by atoms with van der Waals surface area (Å²) in [5.41, 5.74) is 2.84. The van der Waals surface area contributed by atoms with Gasteiger partial charge in [0.05, 0.1) is 16.8 Å². The zero-order chi connectivity index (χ0) is 15.7. The van der Waals surface area contributed by atoms with Crippen molar-refractivity contribution in [3.63, 3.8) is 0 Å². The number of aromatic nitrogens is 3. The van der Waals surface area contributed by atoms with Crippen LogP contribution in [0.1, 0.15) is 33.4 Å². The number of carbonyl (C=O) groups excluding carboxylic acids is 1. The molecule has 0 bridgehead atoms. The Kier molecular flexibility index (Phi) is 3.58. The zero-order valence-electron chi connectivity index (χ0n) is 12.6. The minimum absolute atomic E-state index is 0.0502. The van der Waals surface area contributed by atoms with Gasteiger partial charge in [-0.2, -0.15) is 0 Å². The van der Waals surface area contributed by atoms with Crippen molar-refractivity contribution in [3.8, 4) is 0 Å². The van der Waals surface area contributed by atoms with E-state index in [1.54, 1.807) is 13.8 Å². The Balaban J connectivity index is 1.90. The van der Waals surface area contributed by atoms with E-state index in [9.17, 15) is 4.79 Å². The van der Waals surface area contributed by atoms with E-state index < -0.39 is 5.97 Å². The van der Waals surface area contributed by atoms with Crippen LogP contribution < -0.4 is 0 Å². The summed E-state index contributed by atoms with van der Waals surface area (Å²) in [4.78, 5) is 16.8. The van der Waals surface area contributed by atoms with Crippen LogP contribution in [0.2, 0.25) is 0 Å². The molecule has 0 aliphatic heterocycles. The van der Waals surface area contributed by atoms with E-state index in [0.29, 0.717) is 17.1 Å². The van der Waals surface area contributed by atoms with E-state index in [-0.39, 0.29) is 12.5 Å². The Morgan fingerprint density at radius 1 is 1.18 bits per heavy atom. The molecule has 0 saturated heterocycles. The molecule has 1 aromatic carbocycles. The molecular weight excluding hydrogens is 282 g/mol. The van der Waals surface area contributed by atoms with Crippen molar-refractivity contribution in [1.82, 2.24) is 15.2 Å². The fraction of sp³-hybridized carbons (Fsp3) is 0.250. The van der Waals surface area contributed by atoms with Crippen LogP contribution in [-0.4, -0.2) is 21.2 Å². The molecular formula is C16H15N3O3. The highest BCUT2D eigenvalue weighted by molar-refractivity contribution is 5.98. The lowest BCUT2D eigenvalue weighted by Gasteiger charge is -2.11. The Bertz CT molecular complexity index is 855. The first-order valence-electron chi connectivity index (χ1n) is 6.88. The standard InChI is InChI=1S/C16H15N3O3/c1-9-12-6-4-5-7-13(12)17-10(2)15(9)16(20)21-8-14-19-18-11(3)22-14/h4-7H,8H2,1-3H3. The number of esters is 1. The van der Waals surface area contributed by atoms with Crippen LogP contribution in [0.4, 0.5) is 0 Å². The third-order valence-corrected chi connectivity index (χ3v) is 3.43. The van der Waals surface area contributed by atoms with E-state index in [0.717, 1.165) is 16.5 Å². The number of nitrogens with zero attached hydrogens (tertiary/aromatic N) is 3. The Hall–Kier alpha value is -2.76. The number of ether oxygens (including phenoxy) is 1. The molecule has 0 spiro atoms. The van der Waals surface area contributed by atoms with Crippen LogP contribution in [-0.2, 0) is 11.3 Å². The lowest BCUT2D eigenvalue weighted by molar-refractivity contribution is 0.0435. The van der Waals surface area contributed by atoms with Crippen LogP contribution in [0.5, 0.6) is 0 Å². The third kappa shape index (κ3) is 2.55. The fourth-order valence-electron chi connectivity index (χ4n) is 2.43. The molecule has 0 amide bonds. The maximum absolute atomic E-state index is 12.4. The van der Waals surface area contributed by atoms with Gasteiger partial charge in [0.1, 0.15) is 0 Å². The Labute approximate surface area is 127 Å². The molecule has 0 unspecified atom stereocenters. The smallest absolute Gasteiger partial charge is 0.340 e. The minimum atomic E-state index is -0.441. The van der Waals surface area contributed by atoms with Gasteiger partial charge in [0, 0.05) is 12.3 Å². The predicted molar refractivity (Wildman–Crippen MR) is 79.4 cm³/mol. The molecule has 6 nitrogen and oxygen atoms in total.